The molecule has 0 aromatic heterocycles. The average molecular weight is 275 g/mol. The quantitative estimate of drug-likeness (QED) is 0.883. The van der Waals surface area contributed by atoms with Crippen LogP contribution in [0.1, 0.15) is 24.8 Å². The van der Waals surface area contributed by atoms with Gasteiger partial charge in [-0.15, -0.1) is 0 Å². The molecule has 2 N–H and O–H groups in total. The number of carbonyl (C=O) groups is 1. The van der Waals surface area contributed by atoms with Crippen LogP contribution in [-0.2, 0) is 4.79 Å². The highest BCUT2D eigenvalue weighted by atomic mass is 16.2. The molecule has 1 unspecified atom stereocenters. The van der Waals surface area contributed by atoms with Crippen LogP contribution in [0.25, 0.3) is 0 Å². The fraction of sp³-hybridized carbons (Fsp3) is 0.562. The summed E-state index contributed by atoms with van der Waals surface area (Å²) in [7, 11) is 2.05. The van der Waals surface area contributed by atoms with E-state index >= 15 is 0 Å². The van der Waals surface area contributed by atoms with E-state index in [1.807, 2.05) is 38.2 Å². The summed E-state index contributed by atoms with van der Waals surface area (Å²) in [6.07, 6.45) is 3.48. The zero-order valence-electron chi connectivity index (χ0n) is 12.5. The first-order valence-corrected chi connectivity index (χ1v) is 7.42. The van der Waals surface area contributed by atoms with Gasteiger partial charge in [0.2, 0.25) is 5.91 Å². The van der Waals surface area contributed by atoms with Crippen molar-refractivity contribution in [2.45, 2.75) is 32.2 Å². The third-order valence-corrected chi connectivity index (χ3v) is 3.90. The van der Waals surface area contributed by atoms with Crippen molar-refractivity contribution in [3.63, 3.8) is 0 Å². The number of benzene rings is 1. The summed E-state index contributed by atoms with van der Waals surface area (Å²) in [6, 6.07) is 8.42. The summed E-state index contributed by atoms with van der Waals surface area (Å²) in [5.74, 6) is 0.0635. The summed E-state index contributed by atoms with van der Waals surface area (Å²) in [5, 5.41) is 6.36. The lowest BCUT2D eigenvalue weighted by Gasteiger charge is -2.26. The van der Waals surface area contributed by atoms with Crippen molar-refractivity contribution in [1.29, 1.82) is 0 Å². The first-order chi connectivity index (χ1) is 9.65. The Kier molecular flexibility index (Phi) is 5.56. The molecule has 1 fully saturated rings. The third kappa shape index (κ3) is 4.62. The highest BCUT2D eigenvalue weighted by Gasteiger charge is 2.18. The first kappa shape index (κ1) is 15.0. The molecule has 1 heterocycles. The zero-order chi connectivity index (χ0) is 14.4. The Hall–Kier alpha value is -1.39. The molecule has 4 nitrogen and oxygen atoms in total. The molecule has 1 aromatic carbocycles. The van der Waals surface area contributed by atoms with Crippen LogP contribution >= 0.6 is 0 Å². The van der Waals surface area contributed by atoms with Crippen LogP contribution in [0.3, 0.4) is 0 Å². The SMILES string of the molecule is Cc1ccc(NC(=O)CN(C)C2CCCNCC2)cc1. The number of likely N-dealkylation sites (N-methyl/N-ethyl adjacent to an activating group) is 1. The molecule has 0 saturated carbocycles. The number of anilines is 1. The van der Waals surface area contributed by atoms with Gasteiger partial charge in [0.15, 0.2) is 0 Å². The van der Waals surface area contributed by atoms with E-state index in [1.165, 1.54) is 18.4 Å². The molecule has 2 rings (SSSR count). The molecule has 1 aromatic rings. The summed E-state index contributed by atoms with van der Waals surface area (Å²) < 4.78 is 0. The van der Waals surface area contributed by atoms with Gasteiger partial charge in [0.1, 0.15) is 0 Å². The predicted octanol–water partition coefficient (Wildman–Crippen LogP) is 2.01. The van der Waals surface area contributed by atoms with Gasteiger partial charge in [0.25, 0.3) is 0 Å². The summed E-state index contributed by atoms with van der Waals surface area (Å²) >= 11 is 0. The van der Waals surface area contributed by atoms with Crippen LogP contribution in [0.5, 0.6) is 0 Å². The Morgan fingerprint density at radius 3 is 2.80 bits per heavy atom. The Morgan fingerprint density at radius 1 is 1.30 bits per heavy atom. The fourth-order valence-electron chi connectivity index (χ4n) is 2.63. The van der Waals surface area contributed by atoms with Gasteiger partial charge in [-0.2, -0.15) is 0 Å². The number of nitrogens with zero attached hydrogens (tertiary/aromatic N) is 1. The molecule has 0 spiro atoms. The maximum Gasteiger partial charge on any atom is 0.238 e. The molecular formula is C16H25N3O. The van der Waals surface area contributed by atoms with Crippen molar-refractivity contribution in [2.75, 3.05) is 32.0 Å². The third-order valence-electron chi connectivity index (χ3n) is 3.90. The zero-order valence-corrected chi connectivity index (χ0v) is 12.5. The summed E-state index contributed by atoms with van der Waals surface area (Å²) in [4.78, 5) is 14.2. The van der Waals surface area contributed by atoms with Crippen molar-refractivity contribution in [3.05, 3.63) is 29.8 Å². The molecule has 0 radical (unpaired) electrons. The smallest absolute Gasteiger partial charge is 0.238 e. The lowest BCUT2D eigenvalue weighted by atomic mass is 10.1. The monoisotopic (exact) mass is 275 g/mol. The van der Waals surface area contributed by atoms with Crippen molar-refractivity contribution in [3.8, 4) is 0 Å². The Morgan fingerprint density at radius 2 is 2.05 bits per heavy atom. The van der Waals surface area contributed by atoms with Gasteiger partial charge in [0.05, 0.1) is 6.54 Å². The van der Waals surface area contributed by atoms with Gasteiger partial charge in [-0.3, -0.25) is 9.69 Å². The summed E-state index contributed by atoms with van der Waals surface area (Å²) in [6.45, 7) is 4.65. The normalized spacial score (nSPS) is 19.6. The van der Waals surface area contributed by atoms with Crippen LogP contribution in [0.4, 0.5) is 5.69 Å². The van der Waals surface area contributed by atoms with E-state index in [4.69, 9.17) is 0 Å². The van der Waals surface area contributed by atoms with Crippen molar-refractivity contribution >= 4 is 11.6 Å². The fourth-order valence-corrected chi connectivity index (χ4v) is 2.63. The van der Waals surface area contributed by atoms with E-state index in [0.29, 0.717) is 12.6 Å². The number of nitrogens with one attached hydrogen (secondary N) is 2. The van der Waals surface area contributed by atoms with Gasteiger partial charge in [-0.05, 0) is 58.5 Å². The minimum atomic E-state index is 0.0635. The standard InChI is InChI=1S/C16H25N3O/c1-13-5-7-14(8-6-13)18-16(20)12-19(2)15-4-3-10-17-11-9-15/h5-8,15,17H,3-4,9-12H2,1-2H3,(H,18,20). The lowest BCUT2D eigenvalue weighted by molar-refractivity contribution is -0.117. The molecule has 20 heavy (non-hydrogen) atoms. The lowest BCUT2D eigenvalue weighted by Crippen LogP contribution is -2.38. The largest absolute Gasteiger partial charge is 0.325 e. The number of aryl methyl sites for hydroxylation is 1. The van der Waals surface area contributed by atoms with E-state index in [1.54, 1.807) is 0 Å². The molecular weight excluding hydrogens is 250 g/mol. The van der Waals surface area contributed by atoms with Crippen molar-refractivity contribution in [1.82, 2.24) is 10.2 Å². The molecule has 110 valence electrons. The number of amides is 1. The van der Waals surface area contributed by atoms with Gasteiger partial charge < -0.3 is 10.6 Å². The van der Waals surface area contributed by atoms with E-state index < -0.39 is 0 Å². The van der Waals surface area contributed by atoms with Crippen LogP contribution in [0.2, 0.25) is 0 Å². The molecule has 0 aliphatic carbocycles. The predicted molar refractivity (Wildman–Crippen MR) is 82.9 cm³/mol. The molecule has 1 aliphatic rings. The van der Waals surface area contributed by atoms with E-state index in [9.17, 15) is 4.79 Å². The molecule has 1 saturated heterocycles. The minimum Gasteiger partial charge on any atom is -0.325 e. The number of hydrogen-bond acceptors (Lipinski definition) is 3. The number of hydrogen-bond donors (Lipinski definition) is 2. The maximum atomic E-state index is 12.1. The van der Waals surface area contributed by atoms with Gasteiger partial charge in [-0.1, -0.05) is 17.7 Å². The Labute approximate surface area is 121 Å². The van der Waals surface area contributed by atoms with Crippen molar-refractivity contribution in [2.24, 2.45) is 0 Å². The van der Waals surface area contributed by atoms with Crippen LogP contribution in [0, 0.1) is 6.92 Å². The average Bonchev–Trinajstić information content (AvgIpc) is 2.70. The molecule has 1 aliphatic heterocycles. The summed E-state index contributed by atoms with van der Waals surface area (Å²) in [5.41, 5.74) is 2.07. The van der Waals surface area contributed by atoms with Crippen LogP contribution in [0.15, 0.2) is 24.3 Å². The molecule has 1 atom stereocenters. The van der Waals surface area contributed by atoms with E-state index in [-0.39, 0.29) is 5.91 Å². The Bertz CT molecular complexity index is 422. The molecule has 4 heteroatoms. The topological polar surface area (TPSA) is 44.4 Å². The van der Waals surface area contributed by atoms with Crippen LogP contribution < -0.4 is 10.6 Å². The van der Waals surface area contributed by atoms with Gasteiger partial charge >= 0.3 is 0 Å². The Balaban J connectivity index is 1.82. The van der Waals surface area contributed by atoms with Crippen LogP contribution in [-0.4, -0.2) is 43.5 Å². The second kappa shape index (κ2) is 7.41. The van der Waals surface area contributed by atoms with Gasteiger partial charge in [-0.25, -0.2) is 0 Å². The van der Waals surface area contributed by atoms with Gasteiger partial charge in [0, 0.05) is 11.7 Å². The second-order valence-corrected chi connectivity index (χ2v) is 5.66. The van der Waals surface area contributed by atoms with E-state index in [0.717, 1.165) is 25.2 Å². The highest BCUT2D eigenvalue weighted by molar-refractivity contribution is 5.92. The highest BCUT2D eigenvalue weighted by Crippen LogP contribution is 2.12. The number of carbonyl (C=O) groups excluding carboxylic acids is 1. The van der Waals surface area contributed by atoms with E-state index in [2.05, 4.69) is 15.5 Å². The molecule has 0 bridgehead atoms. The first-order valence-electron chi connectivity index (χ1n) is 7.42. The second-order valence-electron chi connectivity index (χ2n) is 5.66. The maximum absolute atomic E-state index is 12.1. The molecule has 1 amide bonds. The number of rotatable bonds is 4. The van der Waals surface area contributed by atoms with Crippen molar-refractivity contribution < 1.29 is 4.79 Å². The minimum absolute atomic E-state index is 0.0635.